The van der Waals surface area contributed by atoms with Crippen LogP contribution >= 0.6 is 11.6 Å². The fraction of sp³-hybridized carbons (Fsp3) is 0.357. The number of para-hydroxylation sites is 2. The van der Waals surface area contributed by atoms with Crippen molar-refractivity contribution in [3.63, 3.8) is 0 Å². The number of nitrogens with two attached hydrogens (primary N) is 1. The van der Waals surface area contributed by atoms with Crippen LogP contribution in [-0.4, -0.2) is 21.9 Å². The third kappa shape index (κ3) is 3.43. The number of hydrogen-bond acceptors (Lipinski definition) is 4. The number of amides is 1. The number of fused-ring (bicyclic) bond motifs is 1. The van der Waals surface area contributed by atoms with Crippen LogP contribution in [0.5, 0.6) is 0 Å². The third-order valence-corrected chi connectivity index (χ3v) is 3.33. The molecule has 3 N–H and O–H groups in total. The molecule has 1 unspecified atom stereocenters. The zero-order valence-corrected chi connectivity index (χ0v) is 12.2. The lowest BCUT2D eigenvalue weighted by atomic mass is 10.0. The molecular weight excluding hydrogens is 276 g/mol. The first-order valence-electron chi connectivity index (χ1n) is 6.45. The van der Waals surface area contributed by atoms with Crippen LogP contribution in [0, 0.1) is 5.92 Å². The molecule has 0 aliphatic carbocycles. The molecule has 1 aromatic heterocycles. The van der Waals surface area contributed by atoms with Crippen molar-refractivity contribution < 1.29 is 4.79 Å². The Bertz CT molecular complexity index is 630. The minimum atomic E-state index is -0.210. The predicted molar refractivity (Wildman–Crippen MR) is 80.6 cm³/mol. The van der Waals surface area contributed by atoms with E-state index in [-0.39, 0.29) is 35.3 Å². The van der Waals surface area contributed by atoms with Gasteiger partial charge in [-0.05, 0) is 18.1 Å². The van der Waals surface area contributed by atoms with Crippen molar-refractivity contribution in [3.8, 4) is 0 Å². The van der Waals surface area contributed by atoms with Gasteiger partial charge in [0, 0.05) is 12.5 Å². The van der Waals surface area contributed by atoms with Crippen LogP contribution in [0.2, 0.25) is 5.15 Å². The average Bonchev–Trinajstić information content (AvgIpc) is 2.39. The lowest BCUT2D eigenvalue weighted by Crippen LogP contribution is -2.31. The van der Waals surface area contributed by atoms with Gasteiger partial charge < -0.3 is 11.1 Å². The molecule has 1 heterocycles. The Kier molecular flexibility index (Phi) is 4.52. The molecule has 0 aliphatic heterocycles. The van der Waals surface area contributed by atoms with Gasteiger partial charge in [0.15, 0.2) is 11.0 Å². The number of halogens is 1. The SMILES string of the molecule is CC(C)C(N)CC(=O)Nc1nc2ccccc2nc1Cl. The normalized spacial score (nSPS) is 12.7. The molecule has 1 aromatic carbocycles. The Balaban J connectivity index is 2.17. The largest absolute Gasteiger partial charge is 0.327 e. The molecule has 0 radical (unpaired) electrons. The van der Waals surface area contributed by atoms with Gasteiger partial charge in [-0.2, -0.15) is 0 Å². The maximum Gasteiger partial charge on any atom is 0.227 e. The molecule has 106 valence electrons. The van der Waals surface area contributed by atoms with Gasteiger partial charge >= 0.3 is 0 Å². The monoisotopic (exact) mass is 292 g/mol. The Morgan fingerprint density at radius 3 is 2.50 bits per heavy atom. The average molecular weight is 293 g/mol. The maximum atomic E-state index is 11.9. The minimum absolute atomic E-state index is 0.176. The first-order chi connectivity index (χ1) is 9.47. The highest BCUT2D eigenvalue weighted by Gasteiger charge is 2.15. The van der Waals surface area contributed by atoms with E-state index in [1.807, 2.05) is 38.1 Å². The van der Waals surface area contributed by atoms with E-state index in [1.165, 1.54) is 0 Å². The molecule has 6 heteroatoms. The molecule has 20 heavy (non-hydrogen) atoms. The molecule has 2 rings (SSSR count). The number of benzene rings is 1. The molecule has 0 aliphatic rings. The smallest absolute Gasteiger partial charge is 0.227 e. The number of nitrogens with zero attached hydrogens (tertiary/aromatic N) is 2. The molecule has 0 spiro atoms. The van der Waals surface area contributed by atoms with Crippen LogP contribution in [0.15, 0.2) is 24.3 Å². The fourth-order valence-corrected chi connectivity index (χ4v) is 1.87. The molecule has 1 atom stereocenters. The van der Waals surface area contributed by atoms with Gasteiger partial charge in [0.05, 0.1) is 11.0 Å². The predicted octanol–water partition coefficient (Wildman–Crippen LogP) is 2.60. The van der Waals surface area contributed by atoms with E-state index in [9.17, 15) is 4.79 Å². The molecule has 5 nitrogen and oxygen atoms in total. The van der Waals surface area contributed by atoms with E-state index in [0.29, 0.717) is 11.0 Å². The van der Waals surface area contributed by atoms with Crippen molar-refractivity contribution in [2.45, 2.75) is 26.3 Å². The van der Waals surface area contributed by atoms with Crippen molar-refractivity contribution in [1.29, 1.82) is 0 Å². The summed E-state index contributed by atoms with van der Waals surface area (Å²) >= 11 is 6.03. The van der Waals surface area contributed by atoms with Crippen molar-refractivity contribution in [1.82, 2.24) is 9.97 Å². The van der Waals surface area contributed by atoms with Crippen molar-refractivity contribution in [2.24, 2.45) is 11.7 Å². The zero-order valence-electron chi connectivity index (χ0n) is 11.4. The zero-order chi connectivity index (χ0) is 14.7. The van der Waals surface area contributed by atoms with E-state index >= 15 is 0 Å². The summed E-state index contributed by atoms with van der Waals surface area (Å²) in [5, 5.41) is 2.84. The van der Waals surface area contributed by atoms with Gasteiger partial charge in [0.1, 0.15) is 0 Å². The second-order valence-corrected chi connectivity index (χ2v) is 5.37. The van der Waals surface area contributed by atoms with Crippen molar-refractivity contribution in [3.05, 3.63) is 29.4 Å². The summed E-state index contributed by atoms with van der Waals surface area (Å²) < 4.78 is 0. The summed E-state index contributed by atoms with van der Waals surface area (Å²) in [6.45, 7) is 3.95. The Labute approximate surface area is 122 Å². The second-order valence-electron chi connectivity index (χ2n) is 5.01. The number of carbonyl (C=O) groups is 1. The van der Waals surface area contributed by atoms with Gasteiger partial charge in [0.2, 0.25) is 5.91 Å². The summed E-state index contributed by atoms with van der Waals surface area (Å²) in [5.41, 5.74) is 7.24. The van der Waals surface area contributed by atoms with Gasteiger partial charge in [-0.1, -0.05) is 37.6 Å². The topological polar surface area (TPSA) is 80.9 Å². The molecule has 0 saturated carbocycles. The summed E-state index contributed by atoms with van der Waals surface area (Å²) in [4.78, 5) is 20.4. The van der Waals surface area contributed by atoms with E-state index in [0.717, 1.165) is 0 Å². The first-order valence-corrected chi connectivity index (χ1v) is 6.83. The lowest BCUT2D eigenvalue weighted by Gasteiger charge is -2.15. The van der Waals surface area contributed by atoms with Crippen LogP contribution in [-0.2, 0) is 4.79 Å². The van der Waals surface area contributed by atoms with Crippen molar-refractivity contribution in [2.75, 3.05) is 5.32 Å². The Morgan fingerprint density at radius 1 is 1.30 bits per heavy atom. The summed E-state index contributed by atoms with van der Waals surface area (Å²) in [6.07, 6.45) is 0.225. The van der Waals surface area contributed by atoms with E-state index < -0.39 is 0 Å². The molecule has 2 aromatic rings. The second kappa shape index (κ2) is 6.15. The number of aromatic nitrogens is 2. The van der Waals surface area contributed by atoms with Crippen LogP contribution in [0.4, 0.5) is 5.82 Å². The maximum absolute atomic E-state index is 11.9. The number of nitrogens with one attached hydrogen (secondary N) is 1. The fourth-order valence-electron chi connectivity index (χ4n) is 1.69. The highest BCUT2D eigenvalue weighted by Crippen LogP contribution is 2.21. The summed E-state index contributed by atoms with van der Waals surface area (Å²) in [5.74, 6) is 0.294. The number of carbonyl (C=O) groups excluding carboxylic acids is 1. The van der Waals surface area contributed by atoms with Gasteiger partial charge in [0.25, 0.3) is 0 Å². The van der Waals surface area contributed by atoms with Crippen molar-refractivity contribution >= 4 is 34.4 Å². The van der Waals surface area contributed by atoms with E-state index in [2.05, 4.69) is 15.3 Å². The molecule has 0 saturated heterocycles. The Morgan fingerprint density at radius 2 is 1.90 bits per heavy atom. The third-order valence-electron chi connectivity index (χ3n) is 3.06. The van der Waals surface area contributed by atoms with Gasteiger partial charge in [-0.3, -0.25) is 4.79 Å². The molecule has 1 amide bonds. The molecule has 0 fully saturated rings. The summed E-state index contributed by atoms with van der Waals surface area (Å²) in [7, 11) is 0. The number of anilines is 1. The minimum Gasteiger partial charge on any atom is -0.327 e. The van der Waals surface area contributed by atoms with Crippen LogP contribution in [0.3, 0.4) is 0 Å². The van der Waals surface area contributed by atoms with Crippen LogP contribution in [0.25, 0.3) is 11.0 Å². The quantitative estimate of drug-likeness (QED) is 0.907. The standard InChI is InChI=1S/C14H17ClN4O/c1-8(2)9(16)7-12(20)19-14-13(15)17-10-5-3-4-6-11(10)18-14/h3-6,8-9H,7,16H2,1-2H3,(H,18,19,20). The first kappa shape index (κ1) is 14.7. The van der Waals surface area contributed by atoms with Gasteiger partial charge in [-0.25, -0.2) is 9.97 Å². The lowest BCUT2D eigenvalue weighted by molar-refractivity contribution is -0.116. The highest BCUT2D eigenvalue weighted by atomic mass is 35.5. The Hall–Kier alpha value is -1.72. The molecule has 0 bridgehead atoms. The van der Waals surface area contributed by atoms with E-state index in [4.69, 9.17) is 17.3 Å². The highest BCUT2D eigenvalue weighted by molar-refractivity contribution is 6.32. The number of rotatable bonds is 4. The molecular formula is C14H17ClN4O. The van der Waals surface area contributed by atoms with Gasteiger partial charge in [-0.15, -0.1) is 0 Å². The van der Waals surface area contributed by atoms with E-state index in [1.54, 1.807) is 0 Å². The number of hydrogen-bond donors (Lipinski definition) is 2. The van der Waals surface area contributed by atoms with Crippen LogP contribution in [0.1, 0.15) is 20.3 Å². The van der Waals surface area contributed by atoms with Crippen LogP contribution < -0.4 is 11.1 Å². The summed E-state index contributed by atoms with van der Waals surface area (Å²) in [6, 6.07) is 7.14.